The van der Waals surface area contributed by atoms with Crippen LogP contribution in [0.15, 0.2) is 18.2 Å². The second kappa shape index (κ2) is 3.66. The number of nitrogens with one attached hydrogen (secondary N) is 1. The van der Waals surface area contributed by atoms with Gasteiger partial charge in [-0.05, 0) is 36.0 Å². The molecular formula is C15H22N2. The number of fused-ring (bicyclic) bond motifs is 3. The van der Waals surface area contributed by atoms with Gasteiger partial charge in [0, 0.05) is 19.1 Å². The van der Waals surface area contributed by atoms with Crippen LogP contribution in [-0.2, 0) is 5.41 Å². The van der Waals surface area contributed by atoms with E-state index in [2.05, 4.69) is 49.2 Å². The Morgan fingerprint density at radius 3 is 2.88 bits per heavy atom. The number of hydrogen-bond donors (Lipinski definition) is 1. The lowest BCUT2D eigenvalue weighted by atomic mass is 9.86. The summed E-state index contributed by atoms with van der Waals surface area (Å²) in [6.07, 6.45) is 2.68. The van der Waals surface area contributed by atoms with Gasteiger partial charge in [-0.25, -0.2) is 0 Å². The normalized spacial score (nSPS) is 23.0. The predicted molar refractivity (Wildman–Crippen MR) is 74.0 cm³/mol. The molecule has 0 aliphatic carbocycles. The van der Waals surface area contributed by atoms with E-state index in [1.165, 1.54) is 36.3 Å². The van der Waals surface area contributed by atoms with Gasteiger partial charge in [-0.3, -0.25) is 0 Å². The van der Waals surface area contributed by atoms with Gasteiger partial charge in [0.25, 0.3) is 0 Å². The quantitative estimate of drug-likeness (QED) is 0.735. The maximum Gasteiger partial charge on any atom is 0.0605 e. The van der Waals surface area contributed by atoms with Crippen molar-refractivity contribution in [1.82, 2.24) is 0 Å². The van der Waals surface area contributed by atoms with E-state index in [-0.39, 0.29) is 5.41 Å². The summed E-state index contributed by atoms with van der Waals surface area (Å²) in [7, 11) is 0. The second-order valence-corrected chi connectivity index (χ2v) is 6.35. The summed E-state index contributed by atoms with van der Waals surface area (Å²) in [4.78, 5) is 2.58. The zero-order valence-corrected chi connectivity index (χ0v) is 11.1. The Hall–Kier alpha value is -1.18. The molecule has 0 spiro atoms. The fourth-order valence-electron chi connectivity index (χ4n) is 2.99. The second-order valence-electron chi connectivity index (χ2n) is 6.35. The molecule has 0 saturated carbocycles. The SMILES string of the molecule is CC(C)(C)c1ccc2c(c1)NCC1CCCN21. The standard InChI is InChI=1S/C15H22N2/c1-15(2,3)11-6-7-14-13(9-11)16-10-12-5-4-8-17(12)14/h6-7,9,12,16H,4-5,8,10H2,1-3H3. The molecule has 2 heteroatoms. The highest BCUT2D eigenvalue weighted by Gasteiger charge is 2.30. The highest BCUT2D eigenvalue weighted by Crippen LogP contribution is 2.38. The Kier molecular flexibility index (Phi) is 2.35. The van der Waals surface area contributed by atoms with Gasteiger partial charge in [0.1, 0.15) is 0 Å². The summed E-state index contributed by atoms with van der Waals surface area (Å²) >= 11 is 0. The van der Waals surface area contributed by atoms with Crippen molar-refractivity contribution >= 4 is 11.4 Å². The van der Waals surface area contributed by atoms with E-state index in [0.29, 0.717) is 0 Å². The van der Waals surface area contributed by atoms with Crippen LogP contribution in [0.3, 0.4) is 0 Å². The molecule has 1 aromatic rings. The fraction of sp³-hybridized carbons (Fsp3) is 0.600. The Bertz CT molecular complexity index is 431. The minimum atomic E-state index is 0.235. The average Bonchev–Trinajstić information content (AvgIpc) is 2.75. The first-order valence-corrected chi connectivity index (χ1v) is 6.71. The van der Waals surface area contributed by atoms with Crippen LogP contribution in [0.1, 0.15) is 39.2 Å². The van der Waals surface area contributed by atoms with Gasteiger partial charge >= 0.3 is 0 Å². The molecule has 92 valence electrons. The Labute approximate surface area is 104 Å². The average molecular weight is 230 g/mol. The van der Waals surface area contributed by atoms with Crippen molar-refractivity contribution in [2.24, 2.45) is 0 Å². The highest BCUT2D eigenvalue weighted by atomic mass is 15.2. The molecule has 1 saturated heterocycles. The number of rotatable bonds is 0. The first kappa shape index (κ1) is 10.9. The predicted octanol–water partition coefficient (Wildman–Crippen LogP) is 3.38. The molecule has 2 aliphatic heterocycles. The molecule has 1 fully saturated rings. The molecule has 1 atom stereocenters. The Morgan fingerprint density at radius 2 is 2.12 bits per heavy atom. The highest BCUT2D eigenvalue weighted by molar-refractivity contribution is 5.74. The van der Waals surface area contributed by atoms with Crippen molar-refractivity contribution in [1.29, 1.82) is 0 Å². The Balaban J connectivity index is 2.00. The molecule has 1 N–H and O–H groups in total. The summed E-state index contributed by atoms with van der Waals surface area (Å²) in [5, 5.41) is 3.60. The molecular weight excluding hydrogens is 208 g/mol. The third-order valence-corrected chi connectivity index (χ3v) is 4.08. The van der Waals surface area contributed by atoms with E-state index in [1.807, 2.05) is 0 Å². The number of benzene rings is 1. The first-order valence-electron chi connectivity index (χ1n) is 6.71. The van der Waals surface area contributed by atoms with Crippen LogP contribution in [0, 0.1) is 0 Å². The number of hydrogen-bond acceptors (Lipinski definition) is 2. The molecule has 17 heavy (non-hydrogen) atoms. The van der Waals surface area contributed by atoms with Crippen molar-refractivity contribution in [2.75, 3.05) is 23.3 Å². The molecule has 0 bridgehead atoms. The fourth-order valence-corrected chi connectivity index (χ4v) is 2.99. The molecule has 3 rings (SSSR count). The zero-order valence-electron chi connectivity index (χ0n) is 11.1. The molecule has 0 aromatic heterocycles. The summed E-state index contributed by atoms with van der Waals surface area (Å²) in [5.41, 5.74) is 4.39. The van der Waals surface area contributed by atoms with Crippen LogP contribution in [0.2, 0.25) is 0 Å². The lowest BCUT2D eigenvalue weighted by Crippen LogP contribution is -2.39. The van der Waals surface area contributed by atoms with E-state index < -0.39 is 0 Å². The first-order chi connectivity index (χ1) is 8.05. The maximum atomic E-state index is 3.60. The summed E-state index contributed by atoms with van der Waals surface area (Å²) in [5.74, 6) is 0. The molecule has 2 heterocycles. The van der Waals surface area contributed by atoms with Crippen LogP contribution in [-0.4, -0.2) is 19.1 Å². The maximum absolute atomic E-state index is 3.60. The minimum Gasteiger partial charge on any atom is -0.381 e. The van der Waals surface area contributed by atoms with Gasteiger partial charge in [-0.1, -0.05) is 26.8 Å². The van der Waals surface area contributed by atoms with Crippen molar-refractivity contribution in [3.8, 4) is 0 Å². The van der Waals surface area contributed by atoms with Gasteiger partial charge in [-0.15, -0.1) is 0 Å². The van der Waals surface area contributed by atoms with Gasteiger partial charge in [0.15, 0.2) is 0 Å². The van der Waals surface area contributed by atoms with Crippen molar-refractivity contribution in [3.63, 3.8) is 0 Å². The molecule has 0 radical (unpaired) electrons. The summed E-state index contributed by atoms with van der Waals surface area (Å²) in [6, 6.07) is 7.66. The van der Waals surface area contributed by atoms with Gasteiger partial charge in [0.05, 0.1) is 11.4 Å². The summed E-state index contributed by atoms with van der Waals surface area (Å²) < 4.78 is 0. The van der Waals surface area contributed by atoms with E-state index >= 15 is 0 Å². The van der Waals surface area contributed by atoms with E-state index in [1.54, 1.807) is 0 Å². The third kappa shape index (κ3) is 1.80. The van der Waals surface area contributed by atoms with Crippen LogP contribution < -0.4 is 10.2 Å². The number of anilines is 2. The van der Waals surface area contributed by atoms with Gasteiger partial charge in [-0.2, -0.15) is 0 Å². The van der Waals surface area contributed by atoms with E-state index in [4.69, 9.17) is 0 Å². The minimum absolute atomic E-state index is 0.235. The van der Waals surface area contributed by atoms with Crippen LogP contribution in [0.25, 0.3) is 0 Å². The monoisotopic (exact) mass is 230 g/mol. The van der Waals surface area contributed by atoms with Crippen LogP contribution in [0.4, 0.5) is 11.4 Å². The molecule has 1 unspecified atom stereocenters. The molecule has 0 amide bonds. The van der Waals surface area contributed by atoms with Crippen LogP contribution in [0.5, 0.6) is 0 Å². The third-order valence-electron chi connectivity index (χ3n) is 4.08. The van der Waals surface area contributed by atoms with Crippen molar-refractivity contribution in [2.45, 2.75) is 45.1 Å². The molecule has 2 aliphatic rings. The lowest BCUT2D eigenvalue weighted by Gasteiger charge is -2.35. The van der Waals surface area contributed by atoms with Gasteiger partial charge in [0.2, 0.25) is 0 Å². The van der Waals surface area contributed by atoms with Gasteiger partial charge < -0.3 is 10.2 Å². The number of nitrogens with zero attached hydrogens (tertiary/aromatic N) is 1. The molecule has 1 aromatic carbocycles. The van der Waals surface area contributed by atoms with Crippen molar-refractivity contribution < 1.29 is 0 Å². The van der Waals surface area contributed by atoms with Crippen molar-refractivity contribution in [3.05, 3.63) is 23.8 Å². The van der Waals surface area contributed by atoms with Crippen LogP contribution >= 0.6 is 0 Å². The lowest BCUT2D eigenvalue weighted by molar-refractivity contribution is 0.589. The largest absolute Gasteiger partial charge is 0.381 e. The zero-order chi connectivity index (χ0) is 12.0. The van der Waals surface area contributed by atoms with E-state index in [9.17, 15) is 0 Å². The smallest absolute Gasteiger partial charge is 0.0605 e. The topological polar surface area (TPSA) is 15.3 Å². The van der Waals surface area contributed by atoms with E-state index in [0.717, 1.165) is 12.6 Å². The molecule has 2 nitrogen and oxygen atoms in total. The summed E-state index contributed by atoms with van der Waals surface area (Å²) in [6.45, 7) is 9.16. The Morgan fingerprint density at radius 1 is 1.29 bits per heavy atom.